The highest BCUT2D eigenvalue weighted by Crippen LogP contribution is 2.33. The van der Waals surface area contributed by atoms with Crippen molar-refractivity contribution in [2.45, 2.75) is 18.8 Å². The summed E-state index contributed by atoms with van der Waals surface area (Å²) in [5, 5.41) is 3.35. The fourth-order valence-corrected chi connectivity index (χ4v) is 2.86. The second-order valence-corrected chi connectivity index (χ2v) is 5.48. The molecule has 22 heavy (non-hydrogen) atoms. The van der Waals surface area contributed by atoms with Crippen molar-refractivity contribution in [1.29, 1.82) is 0 Å². The van der Waals surface area contributed by atoms with Crippen molar-refractivity contribution in [3.8, 4) is 5.75 Å². The zero-order valence-electron chi connectivity index (χ0n) is 12.6. The molecule has 2 aromatic rings. The first-order chi connectivity index (χ1) is 10.8. The number of nitrogens with one attached hydrogen (secondary N) is 1. The van der Waals surface area contributed by atoms with Crippen molar-refractivity contribution in [3.63, 3.8) is 0 Å². The van der Waals surface area contributed by atoms with E-state index in [9.17, 15) is 4.79 Å². The van der Waals surface area contributed by atoms with Gasteiger partial charge in [-0.2, -0.15) is 0 Å². The van der Waals surface area contributed by atoms with Crippen LogP contribution in [0.5, 0.6) is 5.75 Å². The van der Waals surface area contributed by atoms with Gasteiger partial charge in [0.15, 0.2) is 5.78 Å². The Bertz CT molecular complexity index is 692. The summed E-state index contributed by atoms with van der Waals surface area (Å²) in [5.41, 5.74) is 3.04. The Balaban J connectivity index is 1.80. The standard InChI is InChI=1S/C19H19NO2/c1-22-19-10-6-5-9-18(19)20-16-11-15(12-17(21)13-16)14-7-3-2-4-8-14/h2-10,13,15,20H,11-12H2,1H3/t15-/m1/s1. The van der Waals surface area contributed by atoms with Crippen molar-refractivity contribution < 1.29 is 9.53 Å². The summed E-state index contributed by atoms with van der Waals surface area (Å²) in [4.78, 5) is 12.1. The Morgan fingerprint density at radius 1 is 1.00 bits per heavy atom. The van der Waals surface area contributed by atoms with E-state index in [4.69, 9.17) is 4.74 Å². The first-order valence-corrected chi connectivity index (χ1v) is 7.44. The van der Waals surface area contributed by atoms with E-state index in [0.29, 0.717) is 6.42 Å². The van der Waals surface area contributed by atoms with Crippen LogP contribution >= 0.6 is 0 Å². The summed E-state index contributed by atoms with van der Waals surface area (Å²) in [5.74, 6) is 1.17. The minimum absolute atomic E-state index is 0.164. The van der Waals surface area contributed by atoms with Crippen LogP contribution < -0.4 is 10.1 Å². The maximum Gasteiger partial charge on any atom is 0.158 e. The molecular formula is C19H19NO2. The highest BCUT2D eigenvalue weighted by Gasteiger charge is 2.22. The number of hydrogen-bond donors (Lipinski definition) is 1. The monoisotopic (exact) mass is 293 g/mol. The lowest BCUT2D eigenvalue weighted by molar-refractivity contribution is -0.115. The lowest BCUT2D eigenvalue weighted by atomic mass is 9.85. The maximum absolute atomic E-state index is 12.1. The highest BCUT2D eigenvalue weighted by atomic mass is 16.5. The third-order valence-electron chi connectivity index (χ3n) is 3.92. The average molecular weight is 293 g/mol. The van der Waals surface area contributed by atoms with Gasteiger partial charge in [-0.1, -0.05) is 42.5 Å². The topological polar surface area (TPSA) is 38.3 Å². The van der Waals surface area contributed by atoms with E-state index in [1.807, 2.05) is 42.5 Å². The van der Waals surface area contributed by atoms with Crippen molar-refractivity contribution in [2.75, 3.05) is 12.4 Å². The molecule has 0 aliphatic heterocycles. The molecule has 0 spiro atoms. The number of rotatable bonds is 4. The number of para-hydroxylation sites is 2. The van der Waals surface area contributed by atoms with Gasteiger partial charge in [-0.25, -0.2) is 0 Å². The Labute approximate surface area is 130 Å². The van der Waals surface area contributed by atoms with Crippen LogP contribution in [0.15, 0.2) is 66.4 Å². The van der Waals surface area contributed by atoms with E-state index in [2.05, 4.69) is 17.4 Å². The zero-order valence-corrected chi connectivity index (χ0v) is 12.6. The molecule has 1 aliphatic carbocycles. The number of methoxy groups -OCH3 is 1. The van der Waals surface area contributed by atoms with Crippen LogP contribution in [-0.4, -0.2) is 12.9 Å². The van der Waals surface area contributed by atoms with Gasteiger partial charge < -0.3 is 10.1 Å². The summed E-state index contributed by atoms with van der Waals surface area (Å²) in [6, 6.07) is 17.9. The largest absolute Gasteiger partial charge is 0.495 e. The van der Waals surface area contributed by atoms with E-state index in [1.165, 1.54) is 5.56 Å². The van der Waals surface area contributed by atoms with Gasteiger partial charge in [0, 0.05) is 18.2 Å². The van der Waals surface area contributed by atoms with E-state index < -0.39 is 0 Å². The molecule has 0 amide bonds. The molecule has 0 bridgehead atoms. The minimum atomic E-state index is 0.164. The van der Waals surface area contributed by atoms with Gasteiger partial charge in [0.2, 0.25) is 0 Å². The van der Waals surface area contributed by atoms with Gasteiger partial charge in [-0.05, 0) is 30.0 Å². The average Bonchev–Trinajstić information content (AvgIpc) is 2.56. The SMILES string of the molecule is COc1ccccc1NC1=CC(=O)C[C@H](c2ccccc2)C1. The molecule has 0 saturated heterocycles. The molecule has 2 aromatic carbocycles. The number of allylic oxidation sites excluding steroid dienone is 2. The normalized spacial score (nSPS) is 17.8. The molecule has 0 heterocycles. The quantitative estimate of drug-likeness (QED) is 0.920. The fraction of sp³-hybridized carbons (Fsp3) is 0.211. The van der Waals surface area contributed by atoms with Crippen LogP contribution in [0.1, 0.15) is 24.3 Å². The van der Waals surface area contributed by atoms with Crippen molar-refractivity contribution in [2.24, 2.45) is 0 Å². The van der Waals surface area contributed by atoms with Crippen LogP contribution in [0.4, 0.5) is 5.69 Å². The maximum atomic E-state index is 12.1. The zero-order chi connectivity index (χ0) is 15.4. The van der Waals surface area contributed by atoms with Crippen molar-refractivity contribution in [3.05, 3.63) is 71.9 Å². The third-order valence-corrected chi connectivity index (χ3v) is 3.92. The Hall–Kier alpha value is -2.55. The van der Waals surface area contributed by atoms with E-state index in [1.54, 1.807) is 13.2 Å². The summed E-state index contributed by atoms with van der Waals surface area (Å²) >= 11 is 0. The molecule has 3 heteroatoms. The predicted octanol–water partition coefficient (Wildman–Crippen LogP) is 4.14. The van der Waals surface area contributed by atoms with Crippen LogP contribution in [0.25, 0.3) is 0 Å². The summed E-state index contributed by atoms with van der Waals surface area (Å²) in [7, 11) is 1.65. The molecule has 3 rings (SSSR count). The van der Waals surface area contributed by atoms with Gasteiger partial charge in [0.25, 0.3) is 0 Å². The van der Waals surface area contributed by atoms with E-state index >= 15 is 0 Å². The Morgan fingerprint density at radius 3 is 2.50 bits per heavy atom. The molecule has 0 aromatic heterocycles. The third kappa shape index (κ3) is 3.19. The Morgan fingerprint density at radius 2 is 1.73 bits per heavy atom. The van der Waals surface area contributed by atoms with Crippen molar-refractivity contribution >= 4 is 11.5 Å². The second-order valence-electron chi connectivity index (χ2n) is 5.48. The van der Waals surface area contributed by atoms with Gasteiger partial charge in [-0.3, -0.25) is 4.79 Å². The number of carbonyl (C=O) groups is 1. The number of hydrogen-bond acceptors (Lipinski definition) is 3. The number of ether oxygens (including phenoxy) is 1. The van der Waals surface area contributed by atoms with Gasteiger partial charge >= 0.3 is 0 Å². The smallest absolute Gasteiger partial charge is 0.158 e. The molecule has 1 aliphatic rings. The molecular weight excluding hydrogens is 274 g/mol. The van der Waals surface area contributed by atoms with Gasteiger partial charge in [0.1, 0.15) is 5.75 Å². The first kappa shape index (κ1) is 14.4. The summed E-state index contributed by atoms with van der Waals surface area (Å²) in [6.45, 7) is 0. The molecule has 0 radical (unpaired) electrons. The second kappa shape index (κ2) is 6.48. The van der Waals surface area contributed by atoms with Gasteiger partial charge in [0.05, 0.1) is 12.8 Å². The number of anilines is 1. The molecule has 3 nitrogen and oxygen atoms in total. The van der Waals surface area contributed by atoms with E-state index in [-0.39, 0.29) is 11.7 Å². The number of benzene rings is 2. The molecule has 0 unspecified atom stereocenters. The van der Waals surface area contributed by atoms with Crippen LogP contribution in [-0.2, 0) is 4.79 Å². The number of ketones is 1. The predicted molar refractivity (Wildman–Crippen MR) is 88.1 cm³/mol. The first-order valence-electron chi connectivity index (χ1n) is 7.44. The highest BCUT2D eigenvalue weighted by molar-refractivity contribution is 5.92. The van der Waals surface area contributed by atoms with Crippen LogP contribution in [0.3, 0.4) is 0 Å². The van der Waals surface area contributed by atoms with Gasteiger partial charge in [-0.15, -0.1) is 0 Å². The minimum Gasteiger partial charge on any atom is -0.495 e. The van der Waals surface area contributed by atoms with Crippen LogP contribution in [0.2, 0.25) is 0 Å². The molecule has 0 saturated carbocycles. The lowest BCUT2D eigenvalue weighted by Gasteiger charge is -2.24. The Kier molecular flexibility index (Phi) is 4.24. The number of carbonyl (C=O) groups excluding carboxylic acids is 1. The van der Waals surface area contributed by atoms with Crippen LogP contribution in [0, 0.1) is 0 Å². The molecule has 112 valence electrons. The van der Waals surface area contributed by atoms with E-state index in [0.717, 1.165) is 23.6 Å². The fourth-order valence-electron chi connectivity index (χ4n) is 2.86. The summed E-state index contributed by atoms with van der Waals surface area (Å²) < 4.78 is 5.35. The summed E-state index contributed by atoms with van der Waals surface area (Å²) in [6.07, 6.45) is 3.11. The molecule has 1 atom stereocenters. The molecule has 0 fully saturated rings. The molecule has 1 N–H and O–H groups in total. The lowest BCUT2D eigenvalue weighted by Crippen LogP contribution is -2.16. The van der Waals surface area contributed by atoms with Crippen molar-refractivity contribution in [1.82, 2.24) is 0 Å².